The second-order valence-electron chi connectivity index (χ2n) is 2.31. The average Bonchev–Trinajstić information content (AvgIpc) is 2.17. The quantitative estimate of drug-likeness (QED) is 0.457. The summed E-state index contributed by atoms with van der Waals surface area (Å²) >= 11 is 0. The highest BCUT2D eigenvalue weighted by Crippen LogP contribution is 2.40. The van der Waals surface area contributed by atoms with Gasteiger partial charge in [-0.1, -0.05) is 19.0 Å². The Morgan fingerprint density at radius 3 is 1.71 bits per heavy atom. The predicted octanol–water partition coefficient (Wildman–Crippen LogP) is 1.41. The zero-order chi connectivity index (χ0) is 5.44. The molecule has 1 rings (SSSR count). The Balaban J connectivity index is 2.37. The lowest BCUT2D eigenvalue weighted by atomic mass is 10.4. The van der Waals surface area contributed by atoms with Crippen molar-refractivity contribution in [2.75, 3.05) is 0 Å². The summed E-state index contributed by atoms with van der Waals surface area (Å²) in [6, 6.07) is 0.139. The molecule has 0 heterocycles. The minimum atomic E-state index is 0.139. The fraction of sp³-hybridized carbons (Fsp3) is 1.00. The Labute approximate surface area is 42.9 Å². The maximum atomic E-state index is 9.74. The maximum absolute atomic E-state index is 9.74. The van der Waals surface area contributed by atoms with Crippen molar-refractivity contribution >= 4 is 0 Å². The van der Waals surface area contributed by atoms with Crippen LogP contribution < -0.4 is 0 Å². The van der Waals surface area contributed by atoms with E-state index in [0.717, 1.165) is 0 Å². The smallest absolute Gasteiger partial charge is 0.0977 e. The third-order valence-electron chi connectivity index (χ3n) is 1.89. The molecule has 1 aliphatic rings. The van der Waals surface area contributed by atoms with Gasteiger partial charge in [0.2, 0.25) is 0 Å². The van der Waals surface area contributed by atoms with Gasteiger partial charge in [0.15, 0.2) is 0 Å². The number of nitroso groups, excluding NO2 is 1. The van der Waals surface area contributed by atoms with Crippen molar-refractivity contribution in [2.45, 2.75) is 19.9 Å². The summed E-state index contributed by atoms with van der Waals surface area (Å²) < 4.78 is 0. The summed E-state index contributed by atoms with van der Waals surface area (Å²) in [7, 11) is 0. The van der Waals surface area contributed by atoms with Crippen LogP contribution in [0.5, 0.6) is 0 Å². The van der Waals surface area contributed by atoms with E-state index in [0.29, 0.717) is 11.8 Å². The molecule has 0 aromatic rings. The summed E-state index contributed by atoms with van der Waals surface area (Å²) in [4.78, 5) is 9.74. The first-order chi connectivity index (χ1) is 3.27. The first-order valence-corrected chi connectivity index (χ1v) is 2.60. The third-order valence-corrected chi connectivity index (χ3v) is 1.89. The SMILES string of the molecule is CC1C(C)C1N=O. The van der Waals surface area contributed by atoms with Crippen molar-refractivity contribution in [2.24, 2.45) is 17.0 Å². The molecule has 0 radical (unpaired) electrons. The topological polar surface area (TPSA) is 29.4 Å². The van der Waals surface area contributed by atoms with Crippen LogP contribution in [0.15, 0.2) is 5.18 Å². The van der Waals surface area contributed by atoms with E-state index in [1.165, 1.54) is 0 Å². The van der Waals surface area contributed by atoms with Gasteiger partial charge >= 0.3 is 0 Å². The molecule has 2 heteroatoms. The summed E-state index contributed by atoms with van der Waals surface area (Å²) in [5, 5.41) is 2.91. The second-order valence-corrected chi connectivity index (χ2v) is 2.31. The zero-order valence-corrected chi connectivity index (χ0v) is 4.59. The molecule has 2 atom stereocenters. The lowest BCUT2D eigenvalue weighted by molar-refractivity contribution is 0.834. The van der Waals surface area contributed by atoms with Gasteiger partial charge in [0, 0.05) is 0 Å². The average molecular weight is 99.1 g/mol. The lowest BCUT2D eigenvalue weighted by Gasteiger charge is -1.67. The summed E-state index contributed by atoms with van der Waals surface area (Å²) in [6.45, 7) is 4.10. The van der Waals surface area contributed by atoms with Crippen molar-refractivity contribution in [3.05, 3.63) is 4.91 Å². The number of nitrogens with zero attached hydrogens (tertiary/aromatic N) is 1. The molecule has 0 spiro atoms. The highest BCUT2D eigenvalue weighted by atomic mass is 16.3. The van der Waals surface area contributed by atoms with E-state index >= 15 is 0 Å². The lowest BCUT2D eigenvalue weighted by Crippen LogP contribution is -1.73. The fourth-order valence-electron chi connectivity index (χ4n) is 0.828. The van der Waals surface area contributed by atoms with E-state index in [1.807, 2.05) is 0 Å². The maximum Gasteiger partial charge on any atom is 0.0977 e. The van der Waals surface area contributed by atoms with E-state index < -0.39 is 0 Å². The summed E-state index contributed by atoms with van der Waals surface area (Å²) in [6.07, 6.45) is 0. The molecule has 0 bridgehead atoms. The standard InChI is InChI=1S/C5H9NO/c1-3-4(2)5(3)6-7/h3-5H,1-2H3. The van der Waals surface area contributed by atoms with Crippen LogP contribution in [-0.4, -0.2) is 6.04 Å². The molecule has 2 unspecified atom stereocenters. The Hall–Kier alpha value is -0.400. The van der Waals surface area contributed by atoms with Gasteiger partial charge in [-0.15, -0.1) is 0 Å². The van der Waals surface area contributed by atoms with Crippen molar-refractivity contribution in [1.82, 2.24) is 0 Å². The molecular formula is C5H9NO. The van der Waals surface area contributed by atoms with Crippen LogP contribution in [0.25, 0.3) is 0 Å². The van der Waals surface area contributed by atoms with E-state index in [1.54, 1.807) is 0 Å². The summed E-state index contributed by atoms with van der Waals surface area (Å²) in [5.74, 6) is 1.11. The number of rotatable bonds is 1. The van der Waals surface area contributed by atoms with Crippen LogP contribution >= 0.6 is 0 Å². The minimum Gasteiger partial charge on any atom is -0.150 e. The predicted molar refractivity (Wildman–Crippen MR) is 27.9 cm³/mol. The normalized spacial score (nSPS) is 48.6. The van der Waals surface area contributed by atoms with Gasteiger partial charge in [0.1, 0.15) is 0 Å². The monoisotopic (exact) mass is 99.1 g/mol. The van der Waals surface area contributed by atoms with Gasteiger partial charge < -0.3 is 0 Å². The molecule has 0 aromatic heterocycles. The fourth-order valence-corrected chi connectivity index (χ4v) is 0.828. The van der Waals surface area contributed by atoms with Crippen LogP contribution in [-0.2, 0) is 0 Å². The molecule has 2 nitrogen and oxygen atoms in total. The highest BCUT2D eigenvalue weighted by molar-refractivity contribution is 4.96. The van der Waals surface area contributed by atoms with Gasteiger partial charge in [0.25, 0.3) is 0 Å². The Kier molecular flexibility index (Phi) is 0.873. The van der Waals surface area contributed by atoms with E-state index in [9.17, 15) is 4.91 Å². The van der Waals surface area contributed by atoms with Crippen molar-refractivity contribution in [1.29, 1.82) is 0 Å². The zero-order valence-electron chi connectivity index (χ0n) is 4.59. The van der Waals surface area contributed by atoms with E-state index in [-0.39, 0.29) is 6.04 Å². The van der Waals surface area contributed by atoms with Crippen LogP contribution in [0.1, 0.15) is 13.8 Å². The van der Waals surface area contributed by atoms with Gasteiger partial charge in [-0.25, -0.2) is 0 Å². The van der Waals surface area contributed by atoms with Crippen molar-refractivity contribution < 1.29 is 0 Å². The van der Waals surface area contributed by atoms with Gasteiger partial charge in [-0.2, -0.15) is 4.91 Å². The van der Waals surface area contributed by atoms with Crippen LogP contribution in [0.3, 0.4) is 0 Å². The Morgan fingerprint density at radius 2 is 1.71 bits per heavy atom. The molecule has 40 valence electrons. The van der Waals surface area contributed by atoms with Crippen molar-refractivity contribution in [3.63, 3.8) is 0 Å². The van der Waals surface area contributed by atoms with Crippen LogP contribution in [0.2, 0.25) is 0 Å². The molecule has 0 saturated heterocycles. The highest BCUT2D eigenvalue weighted by Gasteiger charge is 2.44. The Morgan fingerprint density at radius 1 is 1.29 bits per heavy atom. The largest absolute Gasteiger partial charge is 0.150 e. The third kappa shape index (κ3) is 0.539. The number of hydrogen-bond donors (Lipinski definition) is 0. The van der Waals surface area contributed by atoms with E-state index in [2.05, 4.69) is 19.0 Å². The minimum absolute atomic E-state index is 0.139. The molecule has 7 heavy (non-hydrogen) atoms. The number of hydrogen-bond acceptors (Lipinski definition) is 2. The van der Waals surface area contributed by atoms with E-state index in [4.69, 9.17) is 0 Å². The second kappa shape index (κ2) is 1.29. The molecule has 0 amide bonds. The van der Waals surface area contributed by atoms with Gasteiger partial charge in [0.05, 0.1) is 6.04 Å². The molecular weight excluding hydrogens is 90.1 g/mol. The molecule has 1 aliphatic carbocycles. The molecule has 0 aromatic carbocycles. The van der Waals surface area contributed by atoms with Gasteiger partial charge in [-0.05, 0) is 11.8 Å². The first-order valence-electron chi connectivity index (χ1n) is 2.60. The molecule has 0 N–H and O–H groups in total. The van der Waals surface area contributed by atoms with Crippen LogP contribution in [0, 0.1) is 16.7 Å². The molecule has 1 saturated carbocycles. The Bertz CT molecular complexity index is 84.1. The first kappa shape index (κ1) is 4.75. The molecule has 0 aliphatic heterocycles. The summed E-state index contributed by atoms with van der Waals surface area (Å²) in [5.41, 5.74) is 0. The molecule has 1 fully saturated rings. The van der Waals surface area contributed by atoms with Crippen LogP contribution in [0.4, 0.5) is 0 Å². The van der Waals surface area contributed by atoms with Crippen molar-refractivity contribution in [3.8, 4) is 0 Å². The van der Waals surface area contributed by atoms with Gasteiger partial charge in [-0.3, -0.25) is 0 Å².